The van der Waals surface area contributed by atoms with Gasteiger partial charge in [0.2, 0.25) is 0 Å². The zero-order chi connectivity index (χ0) is 29.5. The largest absolute Gasteiger partial charge is 0.496 e. The van der Waals surface area contributed by atoms with Gasteiger partial charge in [0.25, 0.3) is 0 Å². The molecule has 0 fully saturated rings. The summed E-state index contributed by atoms with van der Waals surface area (Å²) in [5, 5.41) is 16.6. The first-order valence-electron chi connectivity index (χ1n) is 13.9. The molecule has 42 heavy (non-hydrogen) atoms. The number of benzene rings is 4. The number of carbonyl (C=O) groups is 2. The molecule has 4 aromatic carbocycles. The molecule has 1 atom stereocenters. The number of aromatic nitrogens is 1. The first-order chi connectivity index (χ1) is 20.4. The molecule has 7 heteroatoms. The highest BCUT2D eigenvalue weighted by Gasteiger charge is 2.21. The van der Waals surface area contributed by atoms with Gasteiger partial charge in [0.1, 0.15) is 5.75 Å². The molecule has 0 aliphatic heterocycles. The van der Waals surface area contributed by atoms with Crippen molar-refractivity contribution in [2.45, 2.75) is 32.4 Å². The Balaban J connectivity index is 1.56. The van der Waals surface area contributed by atoms with Crippen molar-refractivity contribution in [3.63, 3.8) is 0 Å². The first kappa shape index (κ1) is 28.4. The summed E-state index contributed by atoms with van der Waals surface area (Å²) in [6.45, 7) is 2.43. The van der Waals surface area contributed by atoms with Gasteiger partial charge >= 0.3 is 12.0 Å². The van der Waals surface area contributed by atoms with E-state index in [1.54, 1.807) is 25.4 Å². The van der Waals surface area contributed by atoms with Crippen LogP contribution in [0.3, 0.4) is 0 Å². The van der Waals surface area contributed by atoms with Crippen molar-refractivity contribution in [1.29, 1.82) is 0 Å². The molecule has 0 saturated carbocycles. The summed E-state index contributed by atoms with van der Waals surface area (Å²) in [4.78, 5) is 29.1. The van der Waals surface area contributed by atoms with Crippen LogP contribution >= 0.6 is 0 Å². The highest BCUT2D eigenvalue weighted by Crippen LogP contribution is 2.39. The average molecular weight is 560 g/mol. The van der Waals surface area contributed by atoms with Crippen LogP contribution in [0.2, 0.25) is 0 Å². The standard InChI is InChI=1S/C35H33N3O4/c1-3-31(38-35(41)37-22-23-8-5-4-6-9-23)29-20-26(27-13-12-25-10-7-17-36-32(25)21-27)14-15-28(29)30-18-24(19-34(39)40)11-16-33(30)42-2/h4-18,20-21,31H,3,19,22H2,1-2H3,(H,39,40)(H2,37,38,41). The molecule has 1 unspecified atom stereocenters. The molecular formula is C35H33N3O4. The maximum atomic E-state index is 13.1. The summed E-state index contributed by atoms with van der Waals surface area (Å²) in [5.41, 5.74) is 7.07. The first-order valence-corrected chi connectivity index (χ1v) is 13.9. The van der Waals surface area contributed by atoms with Gasteiger partial charge in [-0.2, -0.15) is 0 Å². The summed E-state index contributed by atoms with van der Waals surface area (Å²) in [7, 11) is 1.60. The lowest BCUT2D eigenvalue weighted by atomic mass is 9.89. The highest BCUT2D eigenvalue weighted by molar-refractivity contribution is 5.86. The van der Waals surface area contributed by atoms with Gasteiger partial charge in [-0.05, 0) is 70.1 Å². The minimum absolute atomic E-state index is 0.105. The molecule has 0 aliphatic rings. The van der Waals surface area contributed by atoms with Crippen LogP contribution in [0.15, 0.2) is 103 Å². The molecule has 3 N–H and O–H groups in total. The third-order valence-electron chi connectivity index (χ3n) is 7.29. The molecule has 0 radical (unpaired) electrons. The van der Waals surface area contributed by atoms with Gasteiger partial charge in [-0.25, -0.2) is 4.79 Å². The van der Waals surface area contributed by atoms with Gasteiger partial charge in [0, 0.05) is 23.7 Å². The quantitative estimate of drug-likeness (QED) is 0.169. The number of amides is 2. The molecule has 5 rings (SSSR count). The zero-order valence-corrected chi connectivity index (χ0v) is 23.6. The highest BCUT2D eigenvalue weighted by atomic mass is 16.5. The lowest BCUT2D eigenvalue weighted by molar-refractivity contribution is -0.136. The minimum Gasteiger partial charge on any atom is -0.496 e. The fraction of sp³-hybridized carbons (Fsp3) is 0.171. The molecule has 1 heterocycles. The average Bonchev–Trinajstić information content (AvgIpc) is 3.02. The van der Waals surface area contributed by atoms with Gasteiger partial charge < -0.3 is 20.5 Å². The predicted molar refractivity (Wildman–Crippen MR) is 165 cm³/mol. The van der Waals surface area contributed by atoms with Crippen molar-refractivity contribution >= 4 is 22.9 Å². The fourth-order valence-electron chi connectivity index (χ4n) is 5.16. The van der Waals surface area contributed by atoms with Crippen LogP contribution < -0.4 is 15.4 Å². The number of hydrogen-bond acceptors (Lipinski definition) is 4. The SMILES string of the molecule is CCC(NC(=O)NCc1ccccc1)c1cc(-c2ccc3cccnc3c2)ccc1-c1cc(CC(=O)O)ccc1OC. The smallest absolute Gasteiger partial charge is 0.315 e. The lowest BCUT2D eigenvalue weighted by Crippen LogP contribution is -2.37. The van der Waals surface area contributed by atoms with Crippen molar-refractivity contribution in [2.75, 3.05) is 7.11 Å². The number of nitrogens with zero attached hydrogens (tertiary/aromatic N) is 1. The number of urea groups is 1. The molecule has 212 valence electrons. The monoisotopic (exact) mass is 559 g/mol. The molecule has 0 bridgehead atoms. The maximum Gasteiger partial charge on any atom is 0.315 e. The van der Waals surface area contributed by atoms with Crippen LogP contribution in [-0.2, 0) is 17.8 Å². The van der Waals surface area contributed by atoms with Crippen LogP contribution in [0.25, 0.3) is 33.2 Å². The normalized spacial score (nSPS) is 11.6. The number of methoxy groups -OCH3 is 1. The van der Waals surface area contributed by atoms with E-state index in [0.717, 1.165) is 44.3 Å². The van der Waals surface area contributed by atoms with E-state index in [2.05, 4.69) is 39.9 Å². The Kier molecular flexibility index (Phi) is 8.78. The van der Waals surface area contributed by atoms with E-state index in [4.69, 9.17) is 4.74 Å². The second-order valence-corrected chi connectivity index (χ2v) is 10.1. The van der Waals surface area contributed by atoms with E-state index in [0.29, 0.717) is 24.3 Å². The van der Waals surface area contributed by atoms with E-state index < -0.39 is 5.97 Å². The second-order valence-electron chi connectivity index (χ2n) is 10.1. The number of ether oxygens (including phenoxy) is 1. The number of carboxylic acids is 1. The molecule has 2 amide bonds. The van der Waals surface area contributed by atoms with Gasteiger partial charge in [0.05, 0.1) is 25.1 Å². The Morgan fingerprint density at radius 1 is 0.857 bits per heavy atom. The van der Waals surface area contributed by atoms with Gasteiger partial charge in [0.15, 0.2) is 0 Å². The van der Waals surface area contributed by atoms with Crippen LogP contribution in [0.4, 0.5) is 4.79 Å². The Morgan fingerprint density at radius 3 is 2.40 bits per heavy atom. The summed E-state index contributed by atoms with van der Waals surface area (Å²) < 4.78 is 5.70. The van der Waals surface area contributed by atoms with Crippen molar-refractivity contribution in [3.8, 4) is 28.0 Å². The lowest BCUT2D eigenvalue weighted by Gasteiger charge is -2.23. The van der Waals surface area contributed by atoms with Crippen molar-refractivity contribution < 1.29 is 19.4 Å². The Bertz CT molecular complexity index is 1720. The van der Waals surface area contributed by atoms with Crippen molar-refractivity contribution in [1.82, 2.24) is 15.6 Å². The third kappa shape index (κ3) is 6.58. The minimum atomic E-state index is -0.908. The van der Waals surface area contributed by atoms with Crippen LogP contribution in [-0.4, -0.2) is 29.2 Å². The Morgan fingerprint density at radius 2 is 1.64 bits per heavy atom. The van der Waals surface area contributed by atoms with E-state index >= 15 is 0 Å². The Labute approximate surface area is 245 Å². The predicted octanol–water partition coefficient (Wildman–Crippen LogP) is 7.16. The Hall–Kier alpha value is -5.17. The second kappa shape index (κ2) is 13.0. The van der Waals surface area contributed by atoms with Crippen LogP contribution in [0, 0.1) is 0 Å². The third-order valence-corrected chi connectivity index (χ3v) is 7.29. The molecule has 0 saturated heterocycles. The van der Waals surface area contributed by atoms with Gasteiger partial charge in [-0.15, -0.1) is 0 Å². The number of aliphatic carboxylic acids is 1. The number of pyridine rings is 1. The maximum absolute atomic E-state index is 13.1. The molecule has 1 aromatic heterocycles. The zero-order valence-electron chi connectivity index (χ0n) is 23.6. The van der Waals surface area contributed by atoms with E-state index in [9.17, 15) is 14.7 Å². The number of rotatable bonds is 10. The summed E-state index contributed by atoms with van der Waals surface area (Å²) in [6, 6.07) is 30.8. The molecular weight excluding hydrogens is 526 g/mol. The fourth-order valence-corrected chi connectivity index (χ4v) is 5.16. The topological polar surface area (TPSA) is 101 Å². The van der Waals surface area contributed by atoms with Crippen LogP contribution in [0.5, 0.6) is 5.75 Å². The van der Waals surface area contributed by atoms with E-state index in [1.165, 1.54) is 0 Å². The molecule has 0 spiro atoms. The summed E-state index contributed by atoms with van der Waals surface area (Å²) in [6.07, 6.45) is 2.31. The van der Waals surface area contributed by atoms with Crippen LogP contribution in [0.1, 0.15) is 36.1 Å². The number of carboxylic acid groups (broad SMARTS) is 1. The summed E-state index contributed by atoms with van der Waals surface area (Å²) in [5.74, 6) is -0.286. The number of hydrogen-bond donors (Lipinski definition) is 3. The molecule has 5 aromatic rings. The van der Waals surface area contributed by atoms with Crippen molar-refractivity contribution in [2.24, 2.45) is 0 Å². The number of fused-ring (bicyclic) bond motifs is 1. The number of carbonyl (C=O) groups excluding carboxylic acids is 1. The summed E-state index contributed by atoms with van der Waals surface area (Å²) >= 11 is 0. The van der Waals surface area contributed by atoms with Gasteiger partial charge in [-0.1, -0.05) is 73.7 Å². The van der Waals surface area contributed by atoms with Crippen molar-refractivity contribution in [3.05, 3.63) is 120 Å². The van der Waals surface area contributed by atoms with E-state index in [1.807, 2.05) is 67.6 Å². The molecule has 7 nitrogen and oxygen atoms in total. The van der Waals surface area contributed by atoms with E-state index in [-0.39, 0.29) is 18.5 Å². The molecule has 0 aliphatic carbocycles. The van der Waals surface area contributed by atoms with Gasteiger partial charge in [-0.3, -0.25) is 9.78 Å². The number of nitrogens with one attached hydrogen (secondary N) is 2.